The summed E-state index contributed by atoms with van der Waals surface area (Å²) in [6.07, 6.45) is 0.348. The molecular weight excluding hydrogens is 588 g/mol. The van der Waals surface area contributed by atoms with Gasteiger partial charge in [0.2, 0.25) is 17.7 Å². The quantitative estimate of drug-likeness (QED) is 0.296. The highest BCUT2D eigenvalue weighted by molar-refractivity contribution is 5.96. The molecule has 3 atom stereocenters. The molecule has 0 heterocycles. The van der Waals surface area contributed by atoms with E-state index in [1.165, 1.54) is 36.3 Å². The molecule has 4 N–H and O–H groups in total. The lowest BCUT2D eigenvalue weighted by molar-refractivity contribution is -0.159. The average molecular weight is 637 g/mol. The number of primary amides is 1. The second-order valence-electron chi connectivity index (χ2n) is 13.5. The van der Waals surface area contributed by atoms with Gasteiger partial charge in [-0.3, -0.25) is 14.4 Å². The fourth-order valence-electron chi connectivity index (χ4n) is 5.80. The molecule has 0 radical (unpaired) electrons. The number of fused-ring (bicyclic) bond motifs is 1. The molecule has 11 nitrogen and oxygen atoms in total. The predicted molar refractivity (Wildman–Crippen MR) is 174 cm³/mol. The molecule has 250 valence electrons. The number of benzene rings is 2. The van der Waals surface area contributed by atoms with Crippen molar-refractivity contribution in [3.05, 3.63) is 70.8 Å². The standard InChI is InChI=1S/C35H48N4O7/c1-20(2)17-27(33(43)45-8)39(29(31(41)37-21(3)4)22-13-15-23(16-14-22)30(36)40)32(42)28(38-34(44)46-35(5,6)7)26-18-24-11-9-10-12-25(24)19-26/h9-16,20-21,26-29H,17-19H2,1-8H3,(H2,36,40)(H,37,41)(H,38,44)/t27-,28-,29?/m1/s1. The van der Waals surface area contributed by atoms with Gasteiger partial charge in [-0.05, 0) is 94.5 Å². The molecule has 0 saturated carbocycles. The van der Waals surface area contributed by atoms with Crippen molar-refractivity contribution in [1.82, 2.24) is 15.5 Å². The molecular formula is C35H48N4O7. The topological polar surface area (TPSA) is 157 Å². The van der Waals surface area contributed by atoms with Crippen molar-refractivity contribution >= 4 is 29.8 Å². The number of carbonyl (C=O) groups excluding carboxylic acids is 5. The number of methoxy groups -OCH3 is 1. The molecule has 0 aliphatic heterocycles. The number of hydrogen-bond donors (Lipinski definition) is 3. The van der Waals surface area contributed by atoms with Gasteiger partial charge in [0.15, 0.2) is 0 Å². The van der Waals surface area contributed by atoms with Gasteiger partial charge < -0.3 is 30.7 Å². The summed E-state index contributed by atoms with van der Waals surface area (Å²) in [5.41, 5.74) is 7.28. The van der Waals surface area contributed by atoms with Crippen molar-refractivity contribution in [3.8, 4) is 0 Å². The Labute approximate surface area is 271 Å². The molecule has 1 aliphatic rings. The maximum absolute atomic E-state index is 15.1. The summed E-state index contributed by atoms with van der Waals surface area (Å²) in [7, 11) is 1.23. The van der Waals surface area contributed by atoms with E-state index >= 15 is 4.79 Å². The van der Waals surface area contributed by atoms with Crippen LogP contribution in [-0.2, 0) is 36.7 Å². The normalized spacial score (nSPS) is 15.0. The molecule has 0 bridgehead atoms. The lowest BCUT2D eigenvalue weighted by atomic mass is 9.91. The summed E-state index contributed by atoms with van der Waals surface area (Å²) in [5.74, 6) is -3.02. The van der Waals surface area contributed by atoms with Crippen molar-refractivity contribution in [3.63, 3.8) is 0 Å². The summed E-state index contributed by atoms with van der Waals surface area (Å²) >= 11 is 0. The Bertz CT molecular complexity index is 1390. The predicted octanol–water partition coefficient (Wildman–Crippen LogP) is 4.08. The van der Waals surface area contributed by atoms with Gasteiger partial charge in [-0.1, -0.05) is 50.2 Å². The van der Waals surface area contributed by atoms with E-state index in [1.807, 2.05) is 38.1 Å². The number of hydrogen-bond acceptors (Lipinski definition) is 7. The molecule has 3 rings (SSSR count). The first kappa shape index (κ1) is 36.1. The van der Waals surface area contributed by atoms with Gasteiger partial charge in [0.25, 0.3) is 0 Å². The van der Waals surface area contributed by atoms with Crippen molar-refractivity contribution in [2.45, 2.75) is 97.5 Å². The highest BCUT2D eigenvalue weighted by atomic mass is 16.6. The number of carbonyl (C=O) groups is 5. The molecule has 0 spiro atoms. The Balaban J connectivity index is 2.24. The molecule has 0 saturated heterocycles. The van der Waals surface area contributed by atoms with E-state index in [9.17, 15) is 19.2 Å². The second kappa shape index (κ2) is 15.2. The lowest BCUT2D eigenvalue weighted by Gasteiger charge is -2.40. The monoisotopic (exact) mass is 636 g/mol. The molecule has 2 aromatic rings. The van der Waals surface area contributed by atoms with Crippen molar-refractivity contribution in [2.75, 3.05) is 7.11 Å². The highest BCUT2D eigenvalue weighted by Gasteiger charge is 2.46. The first-order chi connectivity index (χ1) is 21.5. The van der Waals surface area contributed by atoms with Crippen LogP contribution in [0.2, 0.25) is 0 Å². The van der Waals surface area contributed by atoms with Crippen LogP contribution < -0.4 is 16.4 Å². The van der Waals surface area contributed by atoms with E-state index in [0.29, 0.717) is 18.4 Å². The number of alkyl carbamates (subject to hydrolysis) is 1. The molecule has 0 aromatic heterocycles. The Morgan fingerprint density at radius 1 is 0.913 bits per heavy atom. The average Bonchev–Trinajstić information content (AvgIpc) is 3.39. The van der Waals surface area contributed by atoms with Gasteiger partial charge in [-0.25, -0.2) is 9.59 Å². The Kier molecular flexibility index (Phi) is 12.0. The van der Waals surface area contributed by atoms with Crippen LogP contribution in [0.4, 0.5) is 4.79 Å². The molecule has 46 heavy (non-hydrogen) atoms. The maximum Gasteiger partial charge on any atom is 0.408 e. The zero-order valence-electron chi connectivity index (χ0n) is 28.1. The lowest BCUT2D eigenvalue weighted by Crippen LogP contribution is -2.60. The largest absolute Gasteiger partial charge is 0.467 e. The zero-order chi connectivity index (χ0) is 34.3. The summed E-state index contributed by atoms with van der Waals surface area (Å²) in [4.78, 5) is 69.1. The summed E-state index contributed by atoms with van der Waals surface area (Å²) in [5, 5.41) is 5.69. The van der Waals surface area contributed by atoms with E-state index in [2.05, 4.69) is 10.6 Å². The van der Waals surface area contributed by atoms with Crippen LogP contribution in [0.15, 0.2) is 48.5 Å². The number of rotatable bonds is 12. The van der Waals surface area contributed by atoms with E-state index in [0.717, 1.165) is 11.1 Å². The van der Waals surface area contributed by atoms with Crippen LogP contribution in [0, 0.1) is 11.8 Å². The Hall–Kier alpha value is -4.41. The minimum absolute atomic E-state index is 0.0848. The SMILES string of the molecule is COC(=O)[C@@H](CC(C)C)N(C(=O)[C@H](NC(=O)OC(C)(C)C)C1Cc2ccccc2C1)C(C(=O)NC(C)C)c1ccc(C(N)=O)cc1. The van der Waals surface area contributed by atoms with Crippen molar-refractivity contribution in [1.29, 1.82) is 0 Å². The number of ether oxygens (including phenoxy) is 2. The number of amides is 4. The number of nitrogens with zero attached hydrogens (tertiary/aromatic N) is 1. The minimum Gasteiger partial charge on any atom is -0.467 e. The molecule has 1 aliphatic carbocycles. The first-order valence-electron chi connectivity index (χ1n) is 15.7. The minimum atomic E-state index is -1.33. The van der Waals surface area contributed by atoms with Crippen LogP contribution in [0.1, 0.15) is 88.0 Å². The Morgan fingerprint density at radius 3 is 1.93 bits per heavy atom. The number of nitrogens with one attached hydrogen (secondary N) is 2. The molecule has 4 amide bonds. The van der Waals surface area contributed by atoms with Gasteiger partial charge in [0.05, 0.1) is 7.11 Å². The summed E-state index contributed by atoms with van der Waals surface area (Å²) in [6, 6.07) is 9.83. The maximum atomic E-state index is 15.1. The number of nitrogens with two attached hydrogens (primary N) is 1. The van der Waals surface area contributed by atoms with Gasteiger partial charge >= 0.3 is 12.1 Å². The molecule has 11 heteroatoms. The third kappa shape index (κ3) is 9.31. The first-order valence-corrected chi connectivity index (χ1v) is 15.7. The third-order valence-corrected chi connectivity index (χ3v) is 7.72. The van der Waals surface area contributed by atoms with Gasteiger partial charge in [-0.15, -0.1) is 0 Å². The smallest absolute Gasteiger partial charge is 0.408 e. The fourth-order valence-corrected chi connectivity index (χ4v) is 5.80. The second-order valence-corrected chi connectivity index (χ2v) is 13.5. The van der Waals surface area contributed by atoms with E-state index in [1.54, 1.807) is 34.6 Å². The van der Waals surface area contributed by atoms with Gasteiger partial charge in [0.1, 0.15) is 23.7 Å². The van der Waals surface area contributed by atoms with Crippen LogP contribution in [0.5, 0.6) is 0 Å². The zero-order valence-corrected chi connectivity index (χ0v) is 28.1. The molecule has 1 unspecified atom stereocenters. The Morgan fingerprint density at radius 2 is 1.48 bits per heavy atom. The van der Waals surface area contributed by atoms with Crippen LogP contribution >= 0.6 is 0 Å². The van der Waals surface area contributed by atoms with E-state index < -0.39 is 59.4 Å². The van der Waals surface area contributed by atoms with E-state index in [4.69, 9.17) is 15.2 Å². The third-order valence-electron chi connectivity index (χ3n) is 7.72. The van der Waals surface area contributed by atoms with Crippen LogP contribution in [0.3, 0.4) is 0 Å². The van der Waals surface area contributed by atoms with Crippen molar-refractivity contribution in [2.24, 2.45) is 17.6 Å². The van der Waals surface area contributed by atoms with Gasteiger partial charge in [0, 0.05) is 11.6 Å². The summed E-state index contributed by atoms with van der Waals surface area (Å²) < 4.78 is 10.8. The van der Waals surface area contributed by atoms with Crippen molar-refractivity contribution < 1.29 is 33.4 Å². The highest BCUT2D eigenvalue weighted by Crippen LogP contribution is 2.34. The van der Waals surface area contributed by atoms with E-state index in [-0.39, 0.29) is 23.9 Å². The molecule has 2 aromatic carbocycles. The molecule has 0 fully saturated rings. The number of esters is 1. The summed E-state index contributed by atoms with van der Waals surface area (Å²) in [6.45, 7) is 12.5. The van der Waals surface area contributed by atoms with Gasteiger partial charge in [-0.2, -0.15) is 0 Å². The fraction of sp³-hybridized carbons (Fsp3) is 0.514. The van der Waals surface area contributed by atoms with Crippen LogP contribution in [-0.4, -0.2) is 65.5 Å². The van der Waals surface area contributed by atoms with Crippen LogP contribution in [0.25, 0.3) is 0 Å².